The van der Waals surface area contributed by atoms with Crippen LogP contribution in [0.2, 0.25) is 0 Å². The SMILES string of the molecule is COc1ccccc1N1C[C@H](C(=O)OCC(=O)NCCC#N)CC1=O. The van der Waals surface area contributed by atoms with E-state index in [4.69, 9.17) is 14.7 Å². The van der Waals surface area contributed by atoms with Gasteiger partial charge in [0, 0.05) is 19.5 Å². The Hall–Kier alpha value is -3.08. The zero-order chi connectivity index (χ0) is 18.2. The van der Waals surface area contributed by atoms with Gasteiger partial charge in [-0.05, 0) is 12.1 Å². The molecule has 1 aromatic rings. The van der Waals surface area contributed by atoms with E-state index in [0.29, 0.717) is 11.4 Å². The number of carbonyl (C=O) groups excluding carboxylic acids is 3. The average Bonchev–Trinajstić information content (AvgIpc) is 3.01. The molecule has 0 unspecified atom stereocenters. The minimum Gasteiger partial charge on any atom is -0.495 e. The van der Waals surface area contributed by atoms with Gasteiger partial charge in [-0.15, -0.1) is 0 Å². The van der Waals surface area contributed by atoms with Crippen LogP contribution < -0.4 is 15.0 Å². The molecule has 25 heavy (non-hydrogen) atoms. The summed E-state index contributed by atoms with van der Waals surface area (Å²) in [5.74, 6) is -1.37. The second-order valence-corrected chi connectivity index (χ2v) is 5.44. The largest absolute Gasteiger partial charge is 0.495 e. The highest BCUT2D eigenvalue weighted by Gasteiger charge is 2.37. The van der Waals surface area contributed by atoms with Gasteiger partial charge in [-0.3, -0.25) is 14.4 Å². The fraction of sp³-hybridized carbons (Fsp3) is 0.412. The number of anilines is 1. The second-order valence-electron chi connectivity index (χ2n) is 5.44. The maximum Gasteiger partial charge on any atom is 0.311 e. The number of para-hydroxylation sites is 2. The minimum atomic E-state index is -0.635. The highest BCUT2D eigenvalue weighted by atomic mass is 16.5. The lowest BCUT2D eigenvalue weighted by molar-refractivity contribution is -0.152. The highest BCUT2D eigenvalue weighted by Crippen LogP contribution is 2.32. The van der Waals surface area contributed by atoms with Crippen LogP contribution in [0.15, 0.2) is 24.3 Å². The van der Waals surface area contributed by atoms with Crippen molar-refractivity contribution in [2.75, 3.05) is 31.7 Å². The van der Waals surface area contributed by atoms with Gasteiger partial charge >= 0.3 is 5.97 Å². The van der Waals surface area contributed by atoms with Crippen LogP contribution in [0.25, 0.3) is 0 Å². The summed E-state index contributed by atoms with van der Waals surface area (Å²) < 4.78 is 10.2. The third kappa shape index (κ3) is 4.70. The van der Waals surface area contributed by atoms with Crippen LogP contribution in [-0.4, -0.2) is 44.6 Å². The maximum absolute atomic E-state index is 12.2. The molecule has 0 saturated carbocycles. The monoisotopic (exact) mass is 345 g/mol. The third-order valence-corrected chi connectivity index (χ3v) is 3.74. The molecule has 1 saturated heterocycles. The van der Waals surface area contributed by atoms with Crippen molar-refractivity contribution in [3.05, 3.63) is 24.3 Å². The minimum absolute atomic E-state index is 0.0208. The first-order valence-electron chi connectivity index (χ1n) is 7.80. The van der Waals surface area contributed by atoms with Crippen molar-refractivity contribution in [2.45, 2.75) is 12.8 Å². The summed E-state index contributed by atoms with van der Waals surface area (Å²) in [6.45, 7) is -0.0475. The average molecular weight is 345 g/mol. The summed E-state index contributed by atoms with van der Waals surface area (Å²) in [6, 6.07) is 8.94. The second kappa shape index (κ2) is 8.68. The number of amides is 2. The Morgan fingerprint density at radius 1 is 1.40 bits per heavy atom. The quantitative estimate of drug-likeness (QED) is 0.573. The molecule has 1 heterocycles. The summed E-state index contributed by atoms with van der Waals surface area (Å²) in [5, 5.41) is 10.8. The number of rotatable bonds is 7. The molecule has 1 aromatic carbocycles. The molecule has 8 nitrogen and oxygen atoms in total. The Balaban J connectivity index is 1.90. The van der Waals surface area contributed by atoms with E-state index in [9.17, 15) is 14.4 Å². The summed E-state index contributed by atoms with van der Waals surface area (Å²) in [5.41, 5.74) is 0.597. The van der Waals surface area contributed by atoms with Crippen molar-refractivity contribution in [1.29, 1.82) is 5.26 Å². The summed E-state index contributed by atoms with van der Waals surface area (Å²) in [7, 11) is 1.51. The van der Waals surface area contributed by atoms with Gasteiger partial charge in [0.05, 0.1) is 31.2 Å². The molecule has 2 rings (SSSR count). The van der Waals surface area contributed by atoms with Crippen LogP contribution >= 0.6 is 0 Å². The van der Waals surface area contributed by atoms with E-state index < -0.39 is 24.4 Å². The third-order valence-electron chi connectivity index (χ3n) is 3.74. The molecular formula is C17H19N3O5. The van der Waals surface area contributed by atoms with Crippen LogP contribution in [0.3, 0.4) is 0 Å². The number of carbonyl (C=O) groups is 3. The molecule has 1 aliphatic heterocycles. The lowest BCUT2D eigenvalue weighted by Crippen LogP contribution is -2.31. The molecular weight excluding hydrogens is 326 g/mol. The fourth-order valence-electron chi connectivity index (χ4n) is 2.51. The van der Waals surface area contributed by atoms with Gasteiger partial charge < -0.3 is 19.7 Å². The molecule has 0 radical (unpaired) electrons. The number of nitrogens with one attached hydrogen (secondary N) is 1. The Bertz CT molecular complexity index is 698. The Morgan fingerprint density at radius 3 is 2.88 bits per heavy atom. The zero-order valence-corrected chi connectivity index (χ0v) is 13.9. The Kier molecular flexibility index (Phi) is 6.34. The van der Waals surface area contributed by atoms with Crippen LogP contribution in [0.1, 0.15) is 12.8 Å². The van der Waals surface area contributed by atoms with E-state index >= 15 is 0 Å². The van der Waals surface area contributed by atoms with Crippen LogP contribution in [0.4, 0.5) is 5.69 Å². The standard InChI is InChI=1S/C17H19N3O5/c1-24-14-6-3-2-5-13(14)20-10-12(9-16(20)22)17(23)25-11-15(21)19-8-4-7-18/h2-3,5-6,12H,4,8-11H2,1H3,(H,19,21)/t12-/m1/s1. The predicted molar refractivity (Wildman–Crippen MR) is 87.7 cm³/mol. The first-order valence-corrected chi connectivity index (χ1v) is 7.80. The van der Waals surface area contributed by atoms with Crippen molar-refractivity contribution < 1.29 is 23.9 Å². The predicted octanol–water partition coefficient (Wildman–Crippen LogP) is 0.621. The smallest absolute Gasteiger partial charge is 0.311 e. The molecule has 1 aliphatic rings. The van der Waals surface area contributed by atoms with Gasteiger partial charge in [0.2, 0.25) is 5.91 Å². The number of ether oxygens (including phenoxy) is 2. The molecule has 132 valence electrons. The zero-order valence-electron chi connectivity index (χ0n) is 13.9. The molecule has 0 bridgehead atoms. The molecule has 0 aromatic heterocycles. The number of methoxy groups -OCH3 is 1. The molecule has 0 spiro atoms. The van der Waals surface area contributed by atoms with Gasteiger partial charge in [-0.25, -0.2) is 0 Å². The van der Waals surface area contributed by atoms with Crippen LogP contribution in [0.5, 0.6) is 5.75 Å². The van der Waals surface area contributed by atoms with Gasteiger partial charge in [-0.2, -0.15) is 5.26 Å². The number of esters is 1. The van der Waals surface area contributed by atoms with E-state index in [1.807, 2.05) is 6.07 Å². The fourth-order valence-corrected chi connectivity index (χ4v) is 2.51. The number of benzene rings is 1. The van der Waals surface area contributed by atoms with Gasteiger partial charge in [0.25, 0.3) is 5.91 Å². The molecule has 2 amide bonds. The summed E-state index contributed by atoms with van der Waals surface area (Å²) in [6.07, 6.45) is 0.206. The highest BCUT2D eigenvalue weighted by molar-refractivity contribution is 6.00. The van der Waals surface area contributed by atoms with Crippen molar-refractivity contribution in [3.63, 3.8) is 0 Å². The van der Waals surface area contributed by atoms with Crippen LogP contribution in [0, 0.1) is 17.2 Å². The normalized spacial score (nSPS) is 16.2. The van der Waals surface area contributed by atoms with Gasteiger partial charge in [-0.1, -0.05) is 12.1 Å². The number of hydrogen-bond acceptors (Lipinski definition) is 6. The first kappa shape index (κ1) is 18.3. The van der Waals surface area contributed by atoms with Crippen molar-refractivity contribution >= 4 is 23.5 Å². The topological polar surface area (TPSA) is 109 Å². The van der Waals surface area contributed by atoms with Gasteiger partial charge in [0.1, 0.15) is 5.75 Å². The van der Waals surface area contributed by atoms with E-state index in [0.717, 1.165) is 0 Å². The summed E-state index contributed by atoms with van der Waals surface area (Å²) >= 11 is 0. The van der Waals surface area contributed by atoms with E-state index in [-0.39, 0.29) is 31.8 Å². The van der Waals surface area contributed by atoms with Gasteiger partial charge in [0.15, 0.2) is 6.61 Å². The first-order chi connectivity index (χ1) is 12.1. The molecule has 1 atom stereocenters. The molecule has 8 heteroatoms. The molecule has 1 N–H and O–H groups in total. The molecule has 0 aliphatic carbocycles. The summed E-state index contributed by atoms with van der Waals surface area (Å²) in [4.78, 5) is 37.3. The maximum atomic E-state index is 12.2. The number of nitrogens with zero attached hydrogens (tertiary/aromatic N) is 2. The lowest BCUT2D eigenvalue weighted by Gasteiger charge is -2.19. The number of hydrogen-bond donors (Lipinski definition) is 1. The van der Waals surface area contributed by atoms with E-state index in [2.05, 4.69) is 5.32 Å². The Labute approximate surface area is 145 Å². The van der Waals surface area contributed by atoms with Crippen molar-refractivity contribution in [2.24, 2.45) is 5.92 Å². The molecule has 1 fully saturated rings. The van der Waals surface area contributed by atoms with Crippen molar-refractivity contribution in [3.8, 4) is 11.8 Å². The lowest BCUT2D eigenvalue weighted by atomic mass is 10.1. The van der Waals surface area contributed by atoms with E-state index in [1.54, 1.807) is 24.3 Å². The Morgan fingerprint density at radius 2 is 2.16 bits per heavy atom. The van der Waals surface area contributed by atoms with E-state index in [1.165, 1.54) is 12.0 Å². The number of nitriles is 1. The van der Waals surface area contributed by atoms with Crippen molar-refractivity contribution in [1.82, 2.24) is 5.32 Å². The van der Waals surface area contributed by atoms with Crippen LogP contribution in [-0.2, 0) is 19.1 Å².